The van der Waals surface area contributed by atoms with Gasteiger partial charge in [0.2, 0.25) is 0 Å². The number of aryl methyl sites for hydroxylation is 1. The summed E-state index contributed by atoms with van der Waals surface area (Å²) in [6, 6.07) is 14.3. The second kappa shape index (κ2) is 7.51. The van der Waals surface area contributed by atoms with E-state index in [1.165, 1.54) is 12.1 Å². The number of nitriles is 1. The first-order valence-electron chi connectivity index (χ1n) is 8.79. The first-order chi connectivity index (χ1) is 13.9. The largest absolute Gasteiger partial charge is 0.337 e. The fourth-order valence-corrected chi connectivity index (χ4v) is 3.80. The predicted molar refractivity (Wildman–Crippen MR) is 117 cm³/mol. The van der Waals surface area contributed by atoms with Crippen molar-refractivity contribution in [1.29, 1.82) is 5.26 Å². The van der Waals surface area contributed by atoms with E-state index in [9.17, 15) is 9.65 Å². The molecule has 0 saturated carbocycles. The van der Waals surface area contributed by atoms with E-state index in [4.69, 9.17) is 11.6 Å². The molecule has 0 bridgehead atoms. The highest BCUT2D eigenvalue weighted by Gasteiger charge is 2.14. The number of allylic oxidation sites excluding steroid dienone is 1. The Morgan fingerprint density at radius 1 is 1.24 bits per heavy atom. The number of rotatable bonds is 3. The third kappa shape index (κ3) is 3.59. The number of hydrogen-bond donors (Lipinski definition) is 1. The van der Waals surface area contributed by atoms with Gasteiger partial charge in [0.15, 0.2) is 0 Å². The average molecular weight is 470 g/mol. The van der Waals surface area contributed by atoms with Gasteiger partial charge in [-0.1, -0.05) is 11.6 Å². The van der Waals surface area contributed by atoms with Gasteiger partial charge in [0.25, 0.3) is 0 Å². The molecular formula is C22H15BrClFN4. The third-order valence-electron chi connectivity index (χ3n) is 4.75. The van der Waals surface area contributed by atoms with Crippen LogP contribution >= 0.6 is 27.5 Å². The van der Waals surface area contributed by atoms with Gasteiger partial charge in [-0.05, 0) is 83.9 Å². The van der Waals surface area contributed by atoms with Crippen molar-refractivity contribution >= 4 is 50.2 Å². The van der Waals surface area contributed by atoms with Crippen molar-refractivity contribution in [2.24, 2.45) is 0 Å². The van der Waals surface area contributed by atoms with E-state index in [-0.39, 0.29) is 5.82 Å². The second-order valence-corrected chi connectivity index (χ2v) is 7.94. The van der Waals surface area contributed by atoms with Crippen LogP contribution in [0, 0.1) is 31.0 Å². The SMILES string of the molecule is Cc1cc(/C=C(/C#N)c2nc3ccc(F)cc3[nH]2)c(C)n1-c1ccc(Br)c(Cl)c1. The van der Waals surface area contributed by atoms with Crippen molar-refractivity contribution in [2.45, 2.75) is 13.8 Å². The molecule has 2 aromatic carbocycles. The minimum atomic E-state index is -0.355. The van der Waals surface area contributed by atoms with E-state index >= 15 is 0 Å². The second-order valence-electron chi connectivity index (χ2n) is 6.68. The van der Waals surface area contributed by atoms with E-state index < -0.39 is 0 Å². The van der Waals surface area contributed by atoms with Crippen LogP contribution in [0.4, 0.5) is 4.39 Å². The standard InChI is InChI=1S/C22H15BrClFN4/c1-12-7-14(13(2)29(12)17-4-5-18(23)19(24)10-17)8-15(11-26)22-27-20-6-3-16(25)9-21(20)28-22/h3-10H,1-2H3,(H,27,28)/b15-8-. The molecule has 7 heteroatoms. The normalized spacial score (nSPS) is 11.8. The molecule has 0 saturated heterocycles. The molecule has 29 heavy (non-hydrogen) atoms. The molecule has 0 atom stereocenters. The van der Waals surface area contributed by atoms with Crippen molar-refractivity contribution in [2.75, 3.05) is 0 Å². The maximum Gasteiger partial charge on any atom is 0.149 e. The summed E-state index contributed by atoms with van der Waals surface area (Å²) in [5, 5.41) is 10.3. The van der Waals surface area contributed by atoms with Crippen LogP contribution in [0.1, 0.15) is 22.8 Å². The number of halogens is 3. The summed E-state index contributed by atoms with van der Waals surface area (Å²) in [5.74, 6) is 0.0523. The monoisotopic (exact) mass is 468 g/mol. The van der Waals surface area contributed by atoms with E-state index in [1.54, 1.807) is 12.1 Å². The van der Waals surface area contributed by atoms with Gasteiger partial charge in [-0.15, -0.1) is 0 Å². The van der Waals surface area contributed by atoms with Gasteiger partial charge in [-0.3, -0.25) is 0 Å². The lowest BCUT2D eigenvalue weighted by Crippen LogP contribution is -1.99. The lowest BCUT2D eigenvalue weighted by atomic mass is 10.1. The van der Waals surface area contributed by atoms with E-state index in [1.807, 2.05) is 38.1 Å². The van der Waals surface area contributed by atoms with Crippen molar-refractivity contribution in [3.63, 3.8) is 0 Å². The predicted octanol–water partition coefficient (Wildman–Crippen LogP) is 6.59. The van der Waals surface area contributed by atoms with Gasteiger partial charge in [0.05, 0.1) is 21.6 Å². The zero-order valence-corrected chi connectivity index (χ0v) is 17.9. The molecule has 4 nitrogen and oxygen atoms in total. The molecular weight excluding hydrogens is 455 g/mol. The number of imidazole rings is 1. The maximum atomic E-state index is 13.4. The number of fused-ring (bicyclic) bond motifs is 1. The minimum Gasteiger partial charge on any atom is -0.337 e. The zero-order chi connectivity index (χ0) is 20.7. The van der Waals surface area contributed by atoms with Crippen LogP contribution in [-0.2, 0) is 0 Å². The molecule has 144 valence electrons. The van der Waals surface area contributed by atoms with Crippen molar-refractivity contribution in [3.8, 4) is 11.8 Å². The van der Waals surface area contributed by atoms with Crippen LogP contribution in [0.25, 0.3) is 28.4 Å². The first kappa shape index (κ1) is 19.4. The highest BCUT2D eigenvalue weighted by Crippen LogP contribution is 2.29. The minimum absolute atomic E-state index is 0.355. The molecule has 0 fully saturated rings. The number of benzene rings is 2. The highest BCUT2D eigenvalue weighted by molar-refractivity contribution is 9.10. The molecule has 2 heterocycles. The van der Waals surface area contributed by atoms with Crippen molar-refractivity contribution in [3.05, 3.63) is 80.6 Å². The van der Waals surface area contributed by atoms with Crippen molar-refractivity contribution in [1.82, 2.24) is 14.5 Å². The van der Waals surface area contributed by atoms with E-state index in [0.717, 1.165) is 27.1 Å². The Morgan fingerprint density at radius 3 is 2.76 bits per heavy atom. The van der Waals surface area contributed by atoms with Crippen LogP contribution in [0.2, 0.25) is 5.02 Å². The Labute approximate surface area is 180 Å². The fourth-order valence-electron chi connectivity index (χ4n) is 3.37. The number of aromatic amines is 1. The highest BCUT2D eigenvalue weighted by atomic mass is 79.9. The van der Waals surface area contributed by atoms with Gasteiger partial charge in [-0.2, -0.15) is 5.26 Å². The quantitative estimate of drug-likeness (QED) is 0.344. The Balaban J connectivity index is 1.80. The van der Waals surface area contributed by atoms with Crippen molar-refractivity contribution < 1.29 is 4.39 Å². The third-order valence-corrected chi connectivity index (χ3v) is 5.98. The van der Waals surface area contributed by atoms with Gasteiger partial charge in [-0.25, -0.2) is 9.37 Å². The molecule has 0 radical (unpaired) electrons. The molecule has 0 aliphatic heterocycles. The number of H-pyrrole nitrogens is 1. The zero-order valence-electron chi connectivity index (χ0n) is 15.6. The van der Waals surface area contributed by atoms with Gasteiger partial charge < -0.3 is 9.55 Å². The molecule has 0 spiro atoms. The van der Waals surface area contributed by atoms with Gasteiger partial charge in [0.1, 0.15) is 17.7 Å². The molecule has 0 unspecified atom stereocenters. The molecule has 4 rings (SSSR count). The van der Waals surface area contributed by atoms with Crippen LogP contribution in [0.15, 0.2) is 46.9 Å². The lowest BCUT2D eigenvalue weighted by Gasteiger charge is -2.10. The Bertz CT molecular complexity index is 1330. The van der Waals surface area contributed by atoms with Crippen LogP contribution < -0.4 is 0 Å². The van der Waals surface area contributed by atoms with Crippen LogP contribution in [-0.4, -0.2) is 14.5 Å². The Kier molecular flexibility index (Phi) is 5.03. The summed E-state index contributed by atoms with van der Waals surface area (Å²) < 4.78 is 16.4. The molecule has 2 aromatic heterocycles. The molecule has 0 amide bonds. The lowest BCUT2D eigenvalue weighted by molar-refractivity contribution is 0.629. The van der Waals surface area contributed by atoms with E-state index in [2.05, 4.69) is 36.5 Å². The van der Waals surface area contributed by atoms with Crippen LogP contribution in [0.3, 0.4) is 0 Å². The summed E-state index contributed by atoms with van der Waals surface area (Å²) >= 11 is 9.67. The smallest absolute Gasteiger partial charge is 0.149 e. The summed E-state index contributed by atoms with van der Waals surface area (Å²) in [5.41, 5.74) is 5.34. The summed E-state index contributed by atoms with van der Waals surface area (Å²) in [4.78, 5) is 7.44. The van der Waals surface area contributed by atoms with Gasteiger partial charge in [0, 0.05) is 21.5 Å². The number of nitrogens with one attached hydrogen (secondary N) is 1. The van der Waals surface area contributed by atoms with E-state index in [0.29, 0.717) is 27.5 Å². The number of nitrogens with zero attached hydrogens (tertiary/aromatic N) is 3. The first-order valence-corrected chi connectivity index (χ1v) is 9.96. The summed E-state index contributed by atoms with van der Waals surface area (Å²) in [6.07, 6.45) is 1.79. The average Bonchev–Trinajstić information content (AvgIpc) is 3.22. The fraction of sp³-hybridized carbons (Fsp3) is 0.0909. The molecule has 1 N–H and O–H groups in total. The molecule has 0 aliphatic rings. The summed E-state index contributed by atoms with van der Waals surface area (Å²) in [6.45, 7) is 3.98. The maximum absolute atomic E-state index is 13.4. The van der Waals surface area contributed by atoms with Crippen LogP contribution in [0.5, 0.6) is 0 Å². The number of hydrogen-bond acceptors (Lipinski definition) is 2. The molecule has 0 aliphatic carbocycles. The summed E-state index contributed by atoms with van der Waals surface area (Å²) in [7, 11) is 0. The molecule has 4 aromatic rings. The Morgan fingerprint density at radius 2 is 2.03 bits per heavy atom. The Hall–Kier alpha value is -2.88. The number of aromatic nitrogens is 3. The van der Waals surface area contributed by atoms with Gasteiger partial charge >= 0.3 is 0 Å². The topological polar surface area (TPSA) is 57.4 Å².